The first-order valence-corrected chi connectivity index (χ1v) is 10.3. The molecule has 2 aliphatic rings. The zero-order chi connectivity index (χ0) is 17.1. The van der Waals surface area contributed by atoms with Crippen molar-refractivity contribution >= 4 is 0 Å². The van der Waals surface area contributed by atoms with Crippen molar-refractivity contribution in [2.45, 2.75) is 70.9 Å². The van der Waals surface area contributed by atoms with Gasteiger partial charge in [0.2, 0.25) is 0 Å². The minimum Gasteiger partial charge on any atom is -0.344 e. The Kier molecular flexibility index (Phi) is 5.26. The van der Waals surface area contributed by atoms with Crippen LogP contribution in [0.15, 0.2) is 36.4 Å². The van der Waals surface area contributed by atoms with Crippen molar-refractivity contribution in [3.05, 3.63) is 47.7 Å². The summed E-state index contributed by atoms with van der Waals surface area (Å²) < 4.78 is 2.65. The Balaban J connectivity index is 1.52. The average Bonchev–Trinajstić information content (AvgIpc) is 3.03. The second-order valence-electron chi connectivity index (χ2n) is 7.96. The minimum absolute atomic E-state index is 0.779. The van der Waals surface area contributed by atoms with Gasteiger partial charge in [-0.3, -0.25) is 0 Å². The lowest BCUT2D eigenvalue weighted by molar-refractivity contribution is 0.157. The van der Waals surface area contributed by atoms with Crippen molar-refractivity contribution in [2.75, 3.05) is 13.1 Å². The van der Waals surface area contributed by atoms with Crippen LogP contribution in [0.4, 0.5) is 0 Å². The van der Waals surface area contributed by atoms with Gasteiger partial charge in [-0.05, 0) is 75.6 Å². The molecule has 1 unspecified atom stereocenters. The van der Waals surface area contributed by atoms with E-state index in [0.29, 0.717) is 0 Å². The number of aryl methyl sites for hydroxylation is 1. The van der Waals surface area contributed by atoms with Crippen LogP contribution in [0, 0.1) is 0 Å². The van der Waals surface area contributed by atoms with E-state index in [9.17, 15) is 0 Å². The molecule has 0 saturated carbocycles. The molecule has 0 bridgehead atoms. The summed E-state index contributed by atoms with van der Waals surface area (Å²) in [6, 6.07) is 14.2. The van der Waals surface area contributed by atoms with Gasteiger partial charge < -0.3 is 9.47 Å². The highest BCUT2D eigenvalue weighted by atomic mass is 15.2. The molecule has 1 fully saturated rings. The van der Waals surface area contributed by atoms with Crippen LogP contribution in [-0.4, -0.2) is 28.6 Å². The highest BCUT2D eigenvalue weighted by Crippen LogP contribution is 2.31. The summed E-state index contributed by atoms with van der Waals surface area (Å²) >= 11 is 0. The van der Waals surface area contributed by atoms with Gasteiger partial charge in [0.05, 0.1) is 0 Å². The third-order valence-corrected chi connectivity index (χ3v) is 6.25. The third kappa shape index (κ3) is 3.69. The average molecular weight is 337 g/mol. The van der Waals surface area contributed by atoms with Gasteiger partial charge >= 0.3 is 0 Å². The fourth-order valence-electron chi connectivity index (χ4n) is 4.79. The first kappa shape index (κ1) is 16.9. The maximum absolute atomic E-state index is 2.71. The highest BCUT2D eigenvalue weighted by Gasteiger charge is 2.20. The predicted octanol–water partition coefficient (Wildman–Crippen LogP) is 5.30. The SMILES string of the molecule is CC1CCCCN1CCCn1c(-c2ccccc2)cc2c1CCCC2. The first-order chi connectivity index (χ1) is 12.3. The Morgan fingerprint density at radius 3 is 2.64 bits per heavy atom. The lowest BCUT2D eigenvalue weighted by atomic mass is 9.98. The van der Waals surface area contributed by atoms with Gasteiger partial charge in [0.15, 0.2) is 0 Å². The van der Waals surface area contributed by atoms with Crippen LogP contribution in [0.3, 0.4) is 0 Å². The number of likely N-dealkylation sites (tertiary alicyclic amines) is 1. The number of hydrogen-bond donors (Lipinski definition) is 0. The van der Waals surface area contributed by atoms with Crippen LogP contribution in [-0.2, 0) is 19.4 Å². The summed E-state index contributed by atoms with van der Waals surface area (Å²) in [7, 11) is 0. The minimum atomic E-state index is 0.779. The van der Waals surface area contributed by atoms with Crippen molar-refractivity contribution in [3.63, 3.8) is 0 Å². The topological polar surface area (TPSA) is 8.17 Å². The monoisotopic (exact) mass is 336 g/mol. The Hall–Kier alpha value is -1.54. The van der Waals surface area contributed by atoms with Crippen molar-refractivity contribution in [2.24, 2.45) is 0 Å². The summed E-state index contributed by atoms with van der Waals surface area (Å²) in [5, 5.41) is 0. The molecule has 1 aliphatic carbocycles. The van der Waals surface area contributed by atoms with E-state index < -0.39 is 0 Å². The van der Waals surface area contributed by atoms with Crippen LogP contribution >= 0.6 is 0 Å². The largest absolute Gasteiger partial charge is 0.344 e. The molecule has 0 amide bonds. The lowest BCUT2D eigenvalue weighted by Gasteiger charge is -2.33. The van der Waals surface area contributed by atoms with E-state index in [1.54, 1.807) is 11.3 Å². The fraction of sp³-hybridized carbons (Fsp3) is 0.565. The number of hydrogen-bond acceptors (Lipinski definition) is 1. The van der Waals surface area contributed by atoms with Gasteiger partial charge in [-0.25, -0.2) is 0 Å². The quantitative estimate of drug-likeness (QED) is 0.719. The normalized spacial score (nSPS) is 21.2. The van der Waals surface area contributed by atoms with Gasteiger partial charge in [0, 0.05) is 30.5 Å². The Morgan fingerprint density at radius 1 is 0.960 bits per heavy atom. The van der Waals surface area contributed by atoms with Crippen LogP contribution in [0.1, 0.15) is 56.7 Å². The predicted molar refractivity (Wildman–Crippen MR) is 106 cm³/mol. The molecule has 25 heavy (non-hydrogen) atoms. The number of piperidine rings is 1. The molecular formula is C23H32N2. The molecule has 0 N–H and O–H groups in total. The molecule has 2 nitrogen and oxygen atoms in total. The Morgan fingerprint density at radius 2 is 1.80 bits per heavy atom. The molecular weight excluding hydrogens is 304 g/mol. The van der Waals surface area contributed by atoms with E-state index in [-0.39, 0.29) is 0 Å². The standard InChI is InChI=1S/C23H32N2/c1-19-10-7-8-15-24(19)16-9-17-25-22-14-6-5-13-21(22)18-23(25)20-11-3-2-4-12-20/h2-4,11-12,18-19H,5-10,13-17H2,1H3. The third-order valence-electron chi connectivity index (χ3n) is 6.25. The number of nitrogens with zero attached hydrogens (tertiary/aromatic N) is 2. The molecule has 1 aromatic carbocycles. The van der Waals surface area contributed by atoms with Crippen LogP contribution in [0.25, 0.3) is 11.3 Å². The van der Waals surface area contributed by atoms with E-state index >= 15 is 0 Å². The summed E-state index contributed by atoms with van der Waals surface area (Å²) in [6.07, 6.45) is 10.7. The molecule has 134 valence electrons. The molecule has 2 heteroatoms. The molecule has 1 aromatic heterocycles. The van der Waals surface area contributed by atoms with E-state index in [1.165, 1.54) is 82.3 Å². The van der Waals surface area contributed by atoms with Crippen molar-refractivity contribution in [1.29, 1.82) is 0 Å². The molecule has 1 saturated heterocycles. The highest BCUT2D eigenvalue weighted by molar-refractivity contribution is 5.62. The number of fused-ring (bicyclic) bond motifs is 1. The number of aromatic nitrogens is 1. The lowest BCUT2D eigenvalue weighted by Crippen LogP contribution is -2.38. The van der Waals surface area contributed by atoms with Crippen LogP contribution < -0.4 is 0 Å². The second-order valence-corrected chi connectivity index (χ2v) is 7.96. The molecule has 2 heterocycles. The van der Waals surface area contributed by atoms with Crippen LogP contribution in [0.5, 0.6) is 0 Å². The van der Waals surface area contributed by atoms with Crippen molar-refractivity contribution in [1.82, 2.24) is 9.47 Å². The molecule has 1 aliphatic heterocycles. The summed E-state index contributed by atoms with van der Waals surface area (Å²) in [5.41, 5.74) is 6.05. The Labute approximate surface area is 152 Å². The summed E-state index contributed by atoms with van der Waals surface area (Å²) in [4.78, 5) is 2.71. The summed E-state index contributed by atoms with van der Waals surface area (Å²) in [6.45, 7) is 6.13. The van der Waals surface area contributed by atoms with Crippen molar-refractivity contribution < 1.29 is 0 Å². The van der Waals surface area contributed by atoms with Crippen molar-refractivity contribution in [3.8, 4) is 11.3 Å². The molecule has 0 radical (unpaired) electrons. The van der Waals surface area contributed by atoms with E-state index in [0.717, 1.165) is 6.04 Å². The molecule has 1 atom stereocenters. The van der Waals surface area contributed by atoms with E-state index in [1.807, 2.05) is 0 Å². The first-order valence-electron chi connectivity index (χ1n) is 10.3. The molecule has 2 aromatic rings. The molecule has 0 spiro atoms. The van der Waals surface area contributed by atoms with Gasteiger partial charge in [-0.2, -0.15) is 0 Å². The Bertz CT molecular complexity index is 686. The zero-order valence-corrected chi connectivity index (χ0v) is 15.7. The van der Waals surface area contributed by atoms with Crippen LogP contribution in [0.2, 0.25) is 0 Å². The smallest absolute Gasteiger partial charge is 0.0485 e. The number of rotatable bonds is 5. The summed E-state index contributed by atoms with van der Waals surface area (Å²) in [5.74, 6) is 0. The maximum Gasteiger partial charge on any atom is 0.0485 e. The maximum atomic E-state index is 2.71. The van der Waals surface area contributed by atoms with E-state index in [4.69, 9.17) is 0 Å². The number of benzene rings is 1. The van der Waals surface area contributed by atoms with Gasteiger partial charge in [-0.1, -0.05) is 36.8 Å². The molecule has 4 rings (SSSR count). The fourth-order valence-corrected chi connectivity index (χ4v) is 4.79. The van der Waals surface area contributed by atoms with Gasteiger partial charge in [0.25, 0.3) is 0 Å². The van der Waals surface area contributed by atoms with Gasteiger partial charge in [0.1, 0.15) is 0 Å². The van der Waals surface area contributed by atoms with Gasteiger partial charge in [-0.15, -0.1) is 0 Å². The second kappa shape index (κ2) is 7.78. The zero-order valence-electron chi connectivity index (χ0n) is 15.7. The van der Waals surface area contributed by atoms with E-state index in [2.05, 4.69) is 52.8 Å².